The van der Waals surface area contributed by atoms with Crippen LogP contribution in [-0.2, 0) is 11.2 Å². The number of benzene rings is 2. The topological polar surface area (TPSA) is 46.2 Å². The van der Waals surface area contributed by atoms with Gasteiger partial charge in [0.15, 0.2) is 5.78 Å². The fourth-order valence-corrected chi connectivity index (χ4v) is 3.54. The second-order valence-electron chi connectivity index (χ2n) is 6.12. The molecule has 0 aliphatic heterocycles. The van der Waals surface area contributed by atoms with Gasteiger partial charge in [-0.25, -0.2) is 0 Å². The lowest BCUT2D eigenvalue weighted by Crippen LogP contribution is -2.30. The number of amides is 1. The third kappa shape index (κ3) is 5.14. The highest BCUT2D eigenvalue weighted by molar-refractivity contribution is 7.12. The fraction of sp³-hybridized carbons (Fsp3) is 0.182. The lowest BCUT2D eigenvalue weighted by atomic mass is 9.98. The van der Waals surface area contributed by atoms with E-state index in [0.717, 1.165) is 17.5 Å². The number of hydrogen-bond acceptors (Lipinski definition) is 3. The third-order valence-electron chi connectivity index (χ3n) is 4.19. The summed E-state index contributed by atoms with van der Waals surface area (Å²) in [7, 11) is 0. The van der Waals surface area contributed by atoms with Crippen LogP contribution in [0.5, 0.6) is 0 Å². The first-order valence-electron chi connectivity index (χ1n) is 8.67. The number of nitrogens with one attached hydrogen (secondary N) is 1. The summed E-state index contributed by atoms with van der Waals surface area (Å²) in [6, 6.07) is 23.6. The lowest BCUT2D eigenvalue weighted by molar-refractivity contribution is -0.121. The first kappa shape index (κ1) is 18.1. The first-order chi connectivity index (χ1) is 12.7. The van der Waals surface area contributed by atoms with Crippen LogP contribution in [0.4, 0.5) is 0 Å². The molecule has 0 saturated carbocycles. The van der Waals surface area contributed by atoms with Crippen molar-refractivity contribution in [1.29, 1.82) is 0 Å². The van der Waals surface area contributed by atoms with E-state index in [1.165, 1.54) is 11.3 Å². The van der Waals surface area contributed by atoms with Gasteiger partial charge < -0.3 is 5.32 Å². The van der Waals surface area contributed by atoms with Crippen LogP contribution in [0.2, 0.25) is 0 Å². The van der Waals surface area contributed by atoms with E-state index in [9.17, 15) is 9.59 Å². The summed E-state index contributed by atoms with van der Waals surface area (Å²) in [6.45, 7) is 0. The second kappa shape index (κ2) is 9.11. The third-order valence-corrected chi connectivity index (χ3v) is 5.11. The molecule has 3 rings (SSSR count). The van der Waals surface area contributed by atoms with E-state index < -0.39 is 0 Å². The molecule has 1 atom stereocenters. The lowest BCUT2D eigenvalue weighted by Gasteiger charge is -2.19. The van der Waals surface area contributed by atoms with Gasteiger partial charge in [0.2, 0.25) is 5.91 Å². The predicted octanol–water partition coefficient (Wildman–Crippen LogP) is 4.81. The minimum absolute atomic E-state index is 0.0227. The van der Waals surface area contributed by atoms with Crippen LogP contribution in [0.3, 0.4) is 0 Å². The van der Waals surface area contributed by atoms with Gasteiger partial charge in [-0.15, -0.1) is 11.3 Å². The Morgan fingerprint density at radius 3 is 2.19 bits per heavy atom. The van der Waals surface area contributed by atoms with Crippen molar-refractivity contribution < 1.29 is 9.59 Å². The van der Waals surface area contributed by atoms with Crippen LogP contribution in [0.25, 0.3) is 0 Å². The highest BCUT2D eigenvalue weighted by Gasteiger charge is 2.16. The molecule has 1 aromatic heterocycles. The summed E-state index contributed by atoms with van der Waals surface area (Å²) in [5.74, 6) is -0.0749. The average Bonchev–Trinajstić information content (AvgIpc) is 3.22. The van der Waals surface area contributed by atoms with Crippen LogP contribution >= 0.6 is 11.3 Å². The maximum absolute atomic E-state index is 12.4. The normalized spacial score (nSPS) is 11.7. The van der Waals surface area contributed by atoms with Crippen LogP contribution in [0.1, 0.15) is 39.7 Å². The van der Waals surface area contributed by atoms with Crippen molar-refractivity contribution in [2.45, 2.75) is 25.3 Å². The molecular weight excluding hydrogens is 342 g/mol. The number of ketones is 1. The largest absolute Gasteiger partial charge is 0.349 e. The first-order valence-corrected chi connectivity index (χ1v) is 9.55. The van der Waals surface area contributed by atoms with Crippen molar-refractivity contribution in [3.8, 4) is 0 Å². The van der Waals surface area contributed by atoms with Crippen LogP contribution in [-0.4, -0.2) is 11.7 Å². The number of Topliss-reactive ketones (excluding diaryl/α,β-unsaturated/α-hetero) is 1. The second-order valence-corrected chi connectivity index (χ2v) is 7.07. The summed E-state index contributed by atoms with van der Waals surface area (Å²) in [4.78, 5) is 25.2. The van der Waals surface area contributed by atoms with Crippen molar-refractivity contribution in [3.63, 3.8) is 0 Å². The Morgan fingerprint density at radius 2 is 1.54 bits per heavy atom. The van der Waals surface area contributed by atoms with E-state index in [0.29, 0.717) is 4.88 Å². The molecule has 1 heterocycles. The summed E-state index contributed by atoms with van der Waals surface area (Å²) in [5.41, 5.74) is 2.23. The van der Waals surface area contributed by atoms with Crippen molar-refractivity contribution in [3.05, 3.63) is 94.2 Å². The molecule has 132 valence electrons. The zero-order valence-corrected chi connectivity index (χ0v) is 15.2. The smallest absolute Gasteiger partial charge is 0.220 e. The Bertz CT molecular complexity index is 829. The predicted molar refractivity (Wildman–Crippen MR) is 105 cm³/mol. The zero-order valence-electron chi connectivity index (χ0n) is 14.4. The van der Waals surface area contributed by atoms with Crippen LogP contribution < -0.4 is 5.32 Å². The molecule has 1 amide bonds. The molecule has 0 unspecified atom stereocenters. The van der Waals surface area contributed by atoms with Gasteiger partial charge in [-0.3, -0.25) is 9.59 Å². The zero-order chi connectivity index (χ0) is 18.2. The molecule has 0 bridgehead atoms. The molecule has 1 N–H and O–H groups in total. The number of thiophene rings is 1. The Balaban J connectivity index is 1.63. The van der Waals surface area contributed by atoms with Gasteiger partial charge in [0.1, 0.15) is 0 Å². The minimum atomic E-state index is -0.108. The van der Waals surface area contributed by atoms with Gasteiger partial charge in [0.25, 0.3) is 0 Å². The average molecular weight is 363 g/mol. The van der Waals surface area contributed by atoms with E-state index in [2.05, 4.69) is 17.4 Å². The highest BCUT2D eigenvalue weighted by atomic mass is 32.1. The Labute approximate surface area is 157 Å². The maximum atomic E-state index is 12.4. The Kier molecular flexibility index (Phi) is 6.34. The summed E-state index contributed by atoms with van der Waals surface area (Å²) < 4.78 is 0. The van der Waals surface area contributed by atoms with Crippen LogP contribution in [0.15, 0.2) is 78.2 Å². The summed E-state index contributed by atoms with van der Waals surface area (Å²) in [5, 5.41) is 4.97. The fourth-order valence-electron chi connectivity index (χ4n) is 2.84. The molecule has 0 spiro atoms. The van der Waals surface area contributed by atoms with E-state index in [1.807, 2.05) is 60.0 Å². The van der Waals surface area contributed by atoms with Gasteiger partial charge in [0.05, 0.1) is 10.9 Å². The molecule has 26 heavy (non-hydrogen) atoms. The maximum Gasteiger partial charge on any atom is 0.220 e. The number of rotatable bonds is 8. The Morgan fingerprint density at radius 1 is 0.846 bits per heavy atom. The van der Waals surface area contributed by atoms with Gasteiger partial charge in [-0.2, -0.15) is 0 Å². The van der Waals surface area contributed by atoms with Crippen molar-refractivity contribution in [2.24, 2.45) is 0 Å². The highest BCUT2D eigenvalue weighted by Crippen LogP contribution is 2.19. The van der Waals surface area contributed by atoms with Gasteiger partial charge in [-0.05, 0) is 29.0 Å². The molecule has 2 aromatic carbocycles. The number of carbonyl (C=O) groups excluding carboxylic acids is 2. The standard InChI is InChI=1S/C22H21NO2S/c24-20(21-12-7-15-26-21)13-14-22(25)23-19(18-10-5-2-6-11-18)16-17-8-3-1-4-9-17/h1-12,15,19H,13-14,16H2,(H,23,25)/t19-/m0/s1. The SMILES string of the molecule is O=C(CCC(=O)c1cccs1)N[C@@H](Cc1ccccc1)c1ccccc1. The van der Waals surface area contributed by atoms with E-state index in [-0.39, 0.29) is 30.6 Å². The molecule has 0 aliphatic carbocycles. The summed E-state index contributed by atoms with van der Waals surface area (Å²) in [6.07, 6.45) is 1.16. The van der Waals surface area contributed by atoms with E-state index in [1.54, 1.807) is 6.07 Å². The molecule has 0 aliphatic rings. The molecule has 0 radical (unpaired) electrons. The van der Waals surface area contributed by atoms with Crippen molar-refractivity contribution in [1.82, 2.24) is 5.32 Å². The number of carbonyl (C=O) groups is 2. The van der Waals surface area contributed by atoms with Crippen LogP contribution in [0, 0.1) is 0 Å². The molecule has 4 heteroatoms. The van der Waals surface area contributed by atoms with Gasteiger partial charge >= 0.3 is 0 Å². The quantitative estimate of drug-likeness (QED) is 0.584. The monoisotopic (exact) mass is 363 g/mol. The Hall–Kier alpha value is -2.72. The summed E-state index contributed by atoms with van der Waals surface area (Å²) >= 11 is 1.41. The molecule has 0 fully saturated rings. The van der Waals surface area contributed by atoms with E-state index >= 15 is 0 Å². The number of hydrogen-bond donors (Lipinski definition) is 1. The van der Waals surface area contributed by atoms with Crippen molar-refractivity contribution >= 4 is 23.0 Å². The van der Waals surface area contributed by atoms with Crippen molar-refractivity contribution in [2.75, 3.05) is 0 Å². The molecule has 3 nitrogen and oxygen atoms in total. The minimum Gasteiger partial charge on any atom is -0.349 e. The molecule has 0 saturated heterocycles. The molecular formula is C22H21NO2S. The molecule has 3 aromatic rings. The van der Waals surface area contributed by atoms with E-state index in [4.69, 9.17) is 0 Å². The van der Waals surface area contributed by atoms with Gasteiger partial charge in [0, 0.05) is 12.8 Å². The van der Waals surface area contributed by atoms with Gasteiger partial charge in [-0.1, -0.05) is 66.7 Å².